The van der Waals surface area contributed by atoms with Gasteiger partial charge in [-0.3, -0.25) is 4.79 Å². The molecule has 1 unspecified atom stereocenters. The van der Waals surface area contributed by atoms with Crippen LogP contribution >= 0.6 is 23.2 Å². The molecule has 45 heavy (non-hydrogen) atoms. The number of carbonyl (C=O) groups is 1. The van der Waals surface area contributed by atoms with Crippen molar-refractivity contribution < 1.29 is 9.35 Å². The zero-order chi connectivity index (χ0) is 32.1. The second-order valence-corrected chi connectivity index (χ2v) is 15.0. The highest BCUT2D eigenvalue weighted by Gasteiger charge is 2.28. The van der Waals surface area contributed by atoms with Gasteiger partial charge in [-0.25, -0.2) is 0 Å². The number of benzene rings is 4. The highest BCUT2D eigenvalue weighted by Crippen LogP contribution is 2.35. The zero-order valence-corrected chi connectivity index (χ0v) is 28.3. The van der Waals surface area contributed by atoms with Crippen molar-refractivity contribution in [3.8, 4) is 6.07 Å². The number of rotatable bonds is 10. The van der Waals surface area contributed by atoms with E-state index in [0.29, 0.717) is 33.6 Å². The summed E-state index contributed by atoms with van der Waals surface area (Å²) in [6.07, 6.45) is 2.88. The number of likely N-dealkylation sites (tertiary alicyclic amines) is 1. The molecule has 0 aliphatic carbocycles. The molecule has 0 radical (unpaired) electrons. The van der Waals surface area contributed by atoms with Crippen molar-refractivity contribution in [3.63, 3.8) is 0 Å². The Hall–Kier alpha value is -3.05. The minimum Gasteiger partial charge on any atom is -0.611 e. The molecular formula is C37H39Cl2N3O2S. The number of piperidine rings is 1. The standard InChI is InChI=1S/C37H39Cl2N3O2S/c1-25(2)45(44)36-11-7-6-10-32(36)27-14-17-42(18-15-27)19-16-30(28-12-13-34(38)35(39)22-28)24-41(3)37(43)33-21-26(23-40)20-29-8-4-5-9-31(29)33/h4-13,20-22,25,27,30H,14-19,24H2,1-3H3/t30-,45?/m1/s1. The Balaban J connectivity index is 1.30. The molecule has 8 heteroatoms. The van der Waals surface area contributed by atoms with Crippen molar-refractivity contribution in [2.45, 2.75) is 55.1 Å². The Kier molecular flexibility index (Phi) is 11.1. The van der Waals surface area contributed by atoms with Crippen molar-refractivity contribution in [1.82, 2.24) is 9.80 Å². The third-order valence-electron chi connectivity index (χ3n) is 8.86. The Labute approximate surface area is 279 Å². The van der Waals surface area contributed by atoms with Gasteiger partial charge in [-0.15, -0.1) is 0 Å². The van der Waals surface area contributed by atoms with Crippen LogP contribution in [0.25, 0.3) is 10.8 Å². The van der Waals surface area contributed by atoms with Crippen LogP contribution in [-0.4, -0.2) is 58.7 Å². The molecule has 5 nitrogen and oxygen atoms in total. The molecule has 5 rings (SSSR count). The van der Waals surface area contributed by atoms with Gasteiger partial charge in [0.2, 0.25) is 0 Å². The molecular weight excluding hydrogens is 621 g/mol. The molecule has 0 bridgehead atoms. The molecule has 1 aliphatic rings. The van der Waals surface area contributed by atoms with E-state index in [1.54, 1.807) is 11.0 Å². The monoisotopic (exact) mass is 659 g/mol. The van der Waals surface area contributed by atoms with E-state index in [0.717, 1.165) is 60.1 Å². The highest BCUT2D eigenvalue weighted by atomic mass is 35.5. The van der Waals surface area contributed by atoms with Crippen molar-refractivity contribution >= 4 is 51.1 Å². The predicted molar refractivity (Wildman–Crippen MR) is 186 cm³/mol. The lowest BCUT2D eigenvalue weighted by Gasteiger charge is -2.34. The largest absolute Gasteiger partial charge is 0.611 e. The van der Waals surface area contributed by atoms with Gasteiger partial charge in [-0.05, 0) is 117 Å². The van der Waals surface area contributed by atoms with Crippen molar-refractivity contribution in [2.75, 3.05) is 33.2 Å². The molecule has 1 amide bonds. The topological polar surface area (TPSA) is 70.4 Å². The molecule has 4 aromatic carbocycles. The maximum absolute atomic E-state index is 13.8. The number of likely N-dealkylation sites (N-methyl/N-ethyl adjacent to an activating group) is 1. The van der Waals surface area contributed by atoms with E-state index in [4.69, 9.17) is 23.2 Å². The van der Waals surface area contributed by atoms with Crippen LogP contribution < -0.4 is 0 Å². The fraction of sp³-hybridized carbons (Fsp3) is 0.351. The van der Waals surface area contributed by atoms with E-state index in [1.165, 1.54) is 5.56 Å². The summed E-state index contributed by atoms with van der Waals surface area (Å²) in [5.41, 5.74) is 3.26. The van der Waals surface area contributed by atoms with Crippen LogP contribution in [0.1, 0.15) is 72.0 Å². The molecule has 2 atom stereocenters. The minimum absolute atomic E-state index is 0.0334. The minimum atomic E-state index is -1.01. The van der Waals surface area contributed by atoms with Crippen molar-refractivity contribution in [2.24, 2.45) is 0 Å². The number of hydrogen-bond acceptors (Lipinski definition) is 4. The molecule has 0 saturated carbocycles. The van der Waals surface area contributed by atoms with Crippen LogP contribution in [0.15, 0.2) is 83.8 Å². The second-order valence-electron chi connectivity index (χ2n) is 12.2. The Morgan fingerprint density at radius 3 is 2.44 bits per heavy atom. The lowest BCUT2D eigenvalue weighted by Crippen LogP contribution is -2.36. The van der Waals surface area contributed by atoms with E-state index >= 15 is 0 Å². The van der Waals surface area contributed by atoms with Gasteiger partial charge < -0.3 is 14.4 Å². The summed E-state index contributed by atoms with van der Waals surface area (Å²) >= 11 is 11.7. The number of amides is 1. The van der Waals surface area contributed by atoms with Crippen LogP contribution in [0.3, 0.4) is 0 Å². The molecule has 0 aromatic heterocycles. The van der Waals surface area contributed by atoms with E-state index in [2.05, 4.69) is 23.1 Å². The average molecular weight is 661 g/mol. The second kappa shape index (κ2) is 15.0. The number of nitriles is 1. The average Bonchev–Trinajstić information content (AvgIpc) is 3.06. The van der Waals surface area contributed by atoms with E-state index in [-0.39, 0.29) is 17.1 Å². The molecule has 1 heterocycles. The highest BCUT2D eigenvalue weighted by molar-refractivity contribution is 7.92. The zero-order valence-electron chi connectivity index (χ0n) is 26.0. The first-order valence-electron chi connectivity index (χ1n) is 15.5. The van der Waals surface area contributed by atoms with E-state index in [1.807, 2.05) is 81.6 Å². The number of fused-ring (bicyclic) bond motifs is 1. The van der Waals surface area contributed by atoms with Gasteiger partial charge in [-0.2, -0.15) is 5.26 Å². The lowest BCUT2D eigenvalue weighted by atomic mass is 9.88. The molecule has 1 fully saturated rings. The van der Waals surface area contributed by atoms with Gasteiger partial charge in [0.25, 0.3) is 5.91 Å². The summed E-state index contributed by atoms with van der Waals surface area (Å²) < 4.78 is 13.0. The van der Waals surface area contributed by atoms with Gasteiger partial charge in [0.15, 0.2) is 4.90 Å². The fourth-order valence-electron chi connectivity index (χ4n) is 6.36. The molecule has 1 saturated heterocycles. The Bertz CT molecular complexity index is 1700. The first-order valence-corrected chi connectivity index (χ1v) is 17.5. The number of halogens is 2. The fourth-order valence-corrected chi connectivity index (χ4v) is 7.86. The third kappa shape index (κ3) is 7.85. The number of carbonyl (C=O) groups excluding carboxylic acids is 1. The van der Waals surface area contributed by atoms with Crippen LogP contribution in [0.4, 0.5) is 0 Å². The molecule has 0 N–H and O–H groups in total. The first kappa shape index (κ1) is 33.3. The van der Waals surface area contributed by atoms with Crippen LogP contribution in [-0.2, 0) is 11.2 Å². The lowest BCUT2D eigenvalue weighted by molar-refractivity contribution is 0.0783. The Morgan fingerprint density at radius 1 is 1.02 bits per heavy atom. The normalized spacial score (nSPS) is 15.6. The molecule has 0 spiro atoms. The van der Waals surface area contributed by atoms with Gasteiger partial charge in [-0.1, -0.05) is 71.7 Å². The van der Waals surface area contributed by atoms with E-state index in [9.17, 15) is 14.6 Å². The van der Waals surface area contributed by atoms with Crippen molar-refractivity contribution in [1.29, 1.82) is 5.26 Å². The van der Waals surface area contributed by atoms with Gasteiger partial charge in [0.1, 0.15) is 5.25 Å². The maximum Gasteiger partial charge on any atom is 0.254 e. The smallest absolute Gasteiger partial charge is 0.254 e. The molecule has 4 aromatic rings. The van der Waals surface area contributed by atoms with Gasteiger partial charge in [0.05, 0.1) is 21.7 Å². The number of hydrogen-bond donors (Lipinski definition) is 0. The maximum atomic E-state index is 13.8. The summed E-state index contributed by atoms with van der Waals surface area (Å²) in [5, 5.41) is 12.4. The molecule has 1 aliphatic heterocycles. The summed E-state index contributed by atoms with van der Waals surface area (Å²) in [5.74, 6) is 0.312. The number of nitrogens with zero attached hydrogens (tertiary/aromatic N) is 3. The van der Waals surface area contributed by atoms with Crippen LogP contribution in [0.2, 0.25) is 10.0 Å². The molecule has 234 valence electrons. The summed E-state index contributed by atoms with van der Waals surface area (Å²) in [4.78, 5) is 19.1. The summed E-state index contributed by atoms with van der Waals surface area (Å²) in [7, 11) is 1.82. The van der Waals surface area contributed by atoms with Crippen LogP contribution in [0, 0.1) is 11.3 Å². The predicted octanol–water partition coefficient (Wildman–Crippen LogP) is 8.66. The summed E-state index contributed by atoms with van der Waals surface area (Å²) in [6.45, 7) is 7.32. The van der Waals surface area contributed by atoms with Gasteiger partial charge in [0, 0.05) is 30.6 Å². The quantitative estimate of drug-likeness (QED) is 0.160. The van der Waals surface area contributed by atoms with Crippen LogP contribution in [0.5, 0.6) is 0 Å². The van der Waals surface area contributed by atoms with E-state index < -0.39 is 11.2 Å². The summed E-state index contributed by atoms with van der Waals surface area (Å²) in [6, 6.07) is 27.3. The Morgan fingerprint density at radius 2 is 1.73 bits per heavy atom. The van der Waals surface area contributed by atoms with Gasteiger partial charge >= 0.3 is 0 Å². The van der Waals surface area contributed by atoms with Crippen molar-refractivity contribution in [3.05, 3.63) is 111 Å². The third-order valence-corrected chi connectivity index (χ3v) is 11.3. The SMILES string of the molecule is CC(C)[S+]([O-])c1ccccc1C1CCN(CC[C@H](CN(C)C(=O)c2cc(C#N)cc3ccccc23)c2ccc(Cl)c(Cl)c2)CC1. The first-order chi connectivity index (χ1) is 21.7.